The SMILES string of the molecule is CC1(C)CC(=O)C[C@@]2(C)C(c3ccccc3)=C[C@@H](O)[C@@H]12. The van der Waals surface area contributed by atoms with Crippen molar-refractivity contribution in [2.45, 2.75) is 39.7 Å². The van der Waals surface area contributed by atoms with Crippen molar-refractivity contribution in [2.75, 3.05) is 0 Å². The van der Waals surface area contributed by atoms with Crippen molar-refractivity contribution in [1.29, 1.82) is 0 Å². The molecule has 0 heterocycles. The van der Waals surface area contributed by atoms with Crippen LogP contribution in [0.25, 0.3) is 5.57 Å². The van der Waals surface area contributed by atoms with Crippen LogP contribution in [-0.2, 0) is 4.79 Å². The molecule has 2 aliphatic rings. The van der Waals surface area contributed by atoms with Gasteiger partial charge in [0.05, 0.1) is 6.10 Å². The minimum absolute atomic E-state index is 0.114. The third-order valence-electron chi connectivity index (χ3n) is 5.12. The topological polar surface area (TPSA) is 37.3 Å². The van der Waals surface area contributed by atoms with Crippen molar-refractivity contribution in [3.05, 3.63) is 42.0 Å². The van der Waals surface area contributed by atoms with Crippen molar-refractivity contribution in [2.24, 2.45) is 16.7 Å². The molecule has 2 aliphatic carbocycles. The van der Waals surface area contributed by atoms with E-state index in [1.54, 1.807) is 0 Å². The minimum Gasteiger partial charge on any atom is -0.389 e. The van der Waals surface area contributed by atoms with Gasteiger partial charge < -0.3 is 5.11 Å². The van der Waals surface area contributed by atoms with Gasteiger partial charge in [-0.25, -0.2) is 0 Å². The molecule has 0 aliphatic heterocycles. The molecule has 0 spiro atoms. The average Bonchev–Trinajstić information content (AvgIpc) is 2.61. The highest BCUT2D eigenvalue weighted by Gasteiger charge is 2.57. The summed E-state index contributed by atoms with van der Waals surface area (Å²) in [6.07, 6.45) is 2.62. The van der Waals surface area contributed by atoms with Gasteiger partial charge in [0.15, 0.2) is 0 Å². The van der Waals surface area contributed by atoms with Gasteiger partial charge in [-0.05, 0) is 16.6 Å². The number of hydrogen-bond donors (Lipinski definition) is 1. The number of aliphatic hydroxyl groups is 1. The van der Waals surface area contributed by atoms with E-state index in [0.717, 1.165) is 11.1 Å². The lowest BCUT2D eigenvalue weighted by Gasteiger charge is -2.49. The molecule has 2 nitrogen and oxygen atoms in total. The van der Waals surface area contributed by atoms with E-state index in [1.807, 2.05) is 24.3 Å². The lowest BCUT2D eigenvalue weighted by molar-refractivity contribution is -0.132. The molecule has 0 unspecified atom stereocenters. The maximum atomic E-state index is 12.2. The van der Waals surface area contributed by atoms with Gasteiger partial charge in [-0.1, -0.05) is 57.2 Å². The van der Waals surface area contributed by atoms with Gasteiger partial charge >= 0.3 is 0 Å². The lowest BCUT2D eigenvalue weighted by atomic mass is 9.55. The fourth-order valence-corrected chi connectivity index (χ4v) is 4.67. The highest BCUT2D eigenvalue weighted by molar-refractivity contribution is 5.87. The Balaban J connectivity index is 2.10. The maximum absolute atomic E-state index is 12.2. The number of hydrogen-bond acceptors (Lipinski definition) is 2. The summed E-state index contributed by atoms with van der Waals surface area (Å²) < 4.78 is 0. The Morgan fingerprint density at radius 2 is 1.75 bits per heavy atom. The summed E-state index contributed by atoms with van der Waals surface area (Å²) in [7, 11) is 0. The molecule has 0 amide bonds. The molecule has 1 fully saturated rings. The first kappa shape index (κ1) is 13.6. The molecule has 3 atom stereocenters. The molecular weight excluding hydrogens is 248 g/mol. The predicted octanol–water partition coefficient (Wildman–Crippen LogP) is 3.46. The fourth-order valence-electron chi connectivity index (χ4n) is 4.67. The van der Waals surface area contributed by atoms with Gasteiger partial charge in [0.2, 0.25) is 0 Å². The van der Waals surface area contributed by atoms with Crippen LogP contribution in [0.5, 0.6) is 0 Å². The summed E-state index contributed by atoms with van der Waals surface area (Å²) in [5.41, 5.74) is 1.86. The van der Waals surface area contributed by atoms with Crippen LogP contribution in [0.2, 0.25) is 0 Å². The molecule has 3 rings (SSSR count). The number of ketones is 1. The van der Waals surface area contributed by atoms with Crippen LogP contribution in [0.1, 0.15) is 39.2 Å². The largest absolute Gasteiger partial charge is 0.389 e. The number of allylic oxidation sites excluding steroid dienone is 1. The first-order valence-corrected chi connectivity index (χ1v) is 7.32. The number of aliphatic hydroxyl groups excluding tert-OH is 1. The number of carbonyl (C=O) groups is 1. The van der Waals surface area contributed by atoms with Gasteiger partial charge in [0.1, 0.15) is 5.78 Å². The van der Waals surface area contributed by atoms with Crippen LogP contribution in [0.4, 0.5) is 0 Å². The van der Waals surface area contributed by atoms with Crippen LogP contribution in [0.3, 0.4) is 0 Å². The molecule has 1 aromatic rings. The Morgan fingerprint density at radius 3 is 2.40 bits per heavy atom. The standard InChI is InChI=1S/C18H22O2/c1-17(2)10-13(19)11-18(3)14(9-15(20)16(17)18)12-7-5-4-6-8-12/h4-9,15-16,20H,10-11H2,1-3H3/t15-,16+,18+/m1/s1. The first-order valence-electron chi connectivity index (χ1n) is 7.32. The van der Waals surface area contributed by atoms with Crippen LogP contribution in [0.15, 0.2) is 36.4 Å². The molecule has 2 heteroatoms. The zero-order valence-electron chi connectivity index (χ0n) is 12.4. The van der Waals surface area contributed by atoms with E-state index in [0.29, 0.717) is 18.6 Å². The number of Topliss-reactive ketones (excluding diaryl/α,β-unsaturated/α-hetero) is 1. The van der Waals surface area contributed by atoms with Crippen molar-refractivity contribution < 1.29 is 9.90 Å². The molecule has 0 saturated heterocycles. The van der Waals surface area contributed by atoms with E-state index in [1.165, 1.54) is 0 Å². The molecule has 0 bridgehead atoms. The Morgan fingerprint density at radius 1 is 1.10 bits per heavy atom. The normalized spacial score (nSPS) is 35.6. The predicted molar refractivity (Wildman–Crippen MR) is 80.0 cm³/mol. The molecule has 1 N–H and O–H groups in total. The maximum Gasteiger partial charge on any atom is 0.134 e. The smallest absolute Gasteiger partial charge is 0.134 e. The average molecular weight is 270 g/mol. The second kappa shape index (κ2) is 4.29. The van der Waals surface area contributed by atoms with E-state index in [-0.39, 0.29) is 16.7 Å². The lowest BCUT2D eigenvalue weighted by Crippen LogP contribution is -2.47. The number of fused-ring (bicyclic) bond motifs is 1. The van der Waals surface area contributed by atoms with E-state index in [9.17, 15) is 9.90 Å². The summed E-state index contributed by atoms with van der Waals surface area (Å²) in [6.45, 7) is 6.36. The van der Waals surface area contributed by atoms with E-state index >= 15 is 0 Å². The Labute approximate surface area is 120 Å². The highest BCUT2D eigenvalue weighted by atomic mass is 16.3. The number of rotatable bonds is 1. The van der Waals surface area contributed by atoms with Crippen LogP contribution >= 0.6 is 0 Å². The monoisotopic (exact) mass is 270 g/mol. The summed E-state index contributed by atoms with van der Waals surface area (Å²) in [5.74, 6) is 0.424. The Kier molecular flexibility index (Phi) is 2.91. The highest BCUT2D eigenvalue weighted by Crippen LogP contribution is 2.60. The third kappa shape index (κ3) is 1.86. The Hall–Kier alpha value is -1.41. The molecule has 1 aromatic carbocycles. The van der Waals surface area contributed by atoms with E-state index in [4.69, 9.17) is 0 Å². The minimum atomic E-state index is -0.460. The summed E-state index contributed by atoms with van der Waals surface area (Å²) >= 11 is 0. The molecule has 0 aromatic heterocycles. The molecular formula is C18H22O2. The van der Waals surface area contributed by atoms with Gasteiger partial charge in [-0.3, -0.25) is 4.79 Å². The van der Waals surface area contributed by atoms with Crippen LogP contribution in [0, 0.1) is 16.7 Å². The summed E-state index contributed by atoms with van der Waals surface area (Å²) in [6, 6.07) is 10.1. The first-order chi connectivity index (χ1) is 9.34. The van der Waals surface area contributed by atoms with Gasteiger partial charge in [0, 0.05) is 24.2 Å². The van der Waals surface area contributed by atoms with Gasteiger partial charge in [-0.15, -0.1) is 0 Å². The summed E-state index contributed by atoms with van der Waals surface area (Å²) in [5, 5.41) is 10.6. The molecule has 0 radical (unpaired) electrons. The second-order valence-corrected chi connectivity index (χ2v) is 7.21. The van der Waals surface area contributed by atoms with Crippen LogP contribution in [-0.4, -0.2) is 17.0 Å². The zero-order chi connectivity index (χ0) is 14.5. The van der Waals surface area contributed by atoms with Crippen molar-refractivity contribution in [3.63, 3.8) is 0 Å². The zero-order valence-corrected chi connectivity index (χ0v) is 12.4. The summed E-state index contributed by atoms with van der Waals surface area (Å²) in [4.78, 5) is 12.2. The van der Waals surface area contributed by atoms with Crippen molar-refractivity contribution >= 4 is 11.4 Å². The van der Waals surface area contributed by atoms with Gasteiger partial charge in [0.25, 0.3) is 0 Å². The number of carbonyl (C=O) groups excluding carboxylic acids is 1. The fraction of sp³-hybridized carbons (Fsp3) is 0.500. The van der Waals surface area contributed by atoms with Crippen molar-refractivity contribution in [3.8, 4) is 0 Å². The van der Waals surface area contributed by atoms with Crippen LogP contribution < -0.4 is 0 Å². The molecule has 106 valence electrons. The molecule has 1 saturated carbocycles. The molecule has 20 heavy (non-hydrogen) atoms. The Bertz CT molecular complexity index is 570. The van der Waals surface area contributed by atoms with Crippen molar-refractivity contribution in [1.82, 2.24) is 0 Å². The van der Waals surface area contributed by atoms with E-state index in [2.05, 4.69) is 32.9 Å². The number of benzene rings is 1. The third-order valence-corrected chi connectivity index (χ3v) is 5.12. The van der Waals surface area contributed by atoms with Gasteiger partial charge in [-0.2, -0.15) is 0 Å². The quantitative estimate of drug-likeness (QED) is 0.848. The van der Waals surface area contributed by atoms with E-state index < -0.39 is 6.10 Å². The second-order valence-electron chi connectivity index (χ2n) is 7.21.